The molecule has 104 valence electrons. The van der Waals surface area contributed by atoms with E-state index in [0.717, 1.165) is 15.6 Å². The summed E-state index contributed by atoms with van der Waals surface area (Å²) in [6, 6.07) is 5.63. The lowest BCUT2D eigenvalue weighted by molar-refractivity contribution is -0.122. The third-order valence-electron chi connectivity index (χ3n) is 3.15. The van der Waals surface area contributed by atoms with Crippen molar-refractivity contribution in [3.8, 4) is 0 Å². The minimum Gasteiger partial charge on any atom is -0.423 e. The first kappa shape index (κ1) is 13.7. The van der Waals surface area contributed by atoms with Crippen LogP contribution in [0.4, 0.5) is 5.69 Å². The number of hydrogen-bond donors (Lipinski definition) is 0. The fraction of sp³-hybridized carbons (Fsp3) is 0.231. The topological polar surface area (TPSA) is 32.8 Å². The molecule has 0 aromatic heterocycles. The first-order valence-corrected chi connectivity index (χ1v) is 7.62. The lowest BCUT2D eigenvalue weighted by atomic mass is 10.3. The summed E-state index contributed by atoms with van der Waals surface area (Å²) in [5, 5.41) is 1.61. The van der Waals surface area contributed by atoms with Gasteiger partial charge in [0.25, 0.3) is 11.1 Å². The Labute approximate surface area is 131 Å². The molecule has 4 nitrogen and oxygen atoms in total. The van der Waals surface area contributed by atoms with Crippen LogP contribution >= 0.6 is 35.6 Å². The predicted octanol–water partition coefficient (Wildman–Crippen LogP) is 3.21. The summed E-state index contributed by atoms with van der Waals surface area (Å²) in [5.41, 5.74) is 0.960. The molecule has 3 rings (SSSR count). The van der Waals surface area contributed by atoms with Crippen molar-refractivity contribution in [1.29, 1.82) is 0 Å². The highest BCUT2D eigenvalue weighted by Crippen LogP contribution is 2.48. The number of carbonyl (C=O) groups is 1. The quantitative estimate of drug-likeness (QED) is 0.584. The molecule has 1 amide bonds. The molecule has 0 radical (unpaired) electrons. The molecule has 1 fully saturated rings. The molecule has 2 aliphatic heterocycles. The number of thioether (sulfide) groups is 1. The summed E-state index contributed by atoms with van der Waals surface area (Å²) in [7, 11) is 1.88. The van der Waals surface area contributed by atoms with Gasteiger partial charge >= 0.3 is 0 Å². The van der Waals surface area contributed by atoms with Crippen molar-refractivity contribution >= 4 is 52.3 Å². The maximum absolute atomic E-state index is 12.3. The molecule has 0 atom stereocenters. The number of amides is 1. The van der Waals surface area contributed by atoms with Crippen LogP contribution < -0.4 is 4.90 Å². The van der Waals surface area contributed by atoms with E-state index in [-0.39, 0.29) is 16.8 Å². The molecule has 1 aromatic rings. The maximum atomic E-state index is 12.3. The van der Waals surface area contributed by atoms with Crippen LogP contribution in [0.3, 0.4) is 0 Å². The Hall–Kier alpha value is -1.24. The molecule has 0 bridgehead atoms. The highest BCUT2D eigenvalue weighted by atomic mass is 35.5. The highest BCUT2D eigenvalue weighted by molar-refractivity contribution is 8.03. The largest absolute Gasteiger partial charge is 0.423 e. The Morgan fingerprint density at radius 2 is 2.20 bits per heavy atom. The van der Waals surface area contributed by atoms with Crippen molar-refractivity contribution in [2.24, 2.45) is 0 Å². The number of carbonyl (C=O) groups excluding carboxylic acids is 1. The van der Waals surface area contributed by atoms with Crippen molar-refractivity contribution in [2.75, 3.05) is 18.5 Å². The van der Waals surface area contributed by atoms with E-state index in [1.165, 1.54) is 16.7 Å². The Kier molecular flexibility index (Phi) is 3.40. The van der Waals surface area contributed by atoms with Gasteiger partial charge < -0.3 is 9.64 Å². The van der Waals surface area contributed by atoms with E-state index >= 15 is 0 Å². The van der Waals surface area contributed by atoms with Crippen molar-refractivity contribution in [3.63, 3.8) is 0 Å². The van der Waals surface area contributed by atoms with Crippen molar-refractivity contribution in [3.05, 3.63) is 34.0 Å². The summed E-state index contributed by atoms with van der Waals surface area (Å²) in [5.74, 6) is 0.0995. The van der Waals surface area contributed by atoms with Crippen LogP contribution in [0.2, 0.25) is 5.02 Å². The number of anilines is 1. The average Bonchev–Trinajstić information content (AvgIpc) is 2.88. The SMILES string of the molecule is CCN1C(=O)/C(=C2/Sc3ccc(Cl)cc3N2C)OC1=S. The smallest absolute Gasteiger partial charge is 0.299 e. The van der Waals surface area contributed by atoms with Gasteiger partial charge in [0.05, 0.1) is 5.69 Å². The van der Waals surface area contributed by atoms with E-state index in [0.29, 0.717) is 11.6 Å². The normalized spacial score (nSPS) is 21.6. The molecule has 0 spiro atoms. The van der Waals surface area contributed by atoms with Crippen LogP contribution in [0.15, 0.2) is 33.9 Å². The van der Waals surface area contributed by atoms with Gasteiger partial charge in [-0.1, -0.05) is 23.4 Å². The van der Waals surface area contributed by atoms with E-state index in [1.54, 1.807) is 0 Å². The van der Waals surface area contributed by atoms with Gasteiger partial charge in [-0.3, -0.25) is 9.69 Å². The minimum absolute atomic E-state index is 0.189. The predicted molar refractivity (Wildman–Crippen MR) is 83.8 cm³/mol. The summed E-state index contributed by atoms with van der Waals surface area (Å²) >= 11 is 12.6. The van der Waals surface area contributed by atoms with Gasteiger partial charge in [0, 0.05) is 23.5 Å². The first-order chi connectivity index (χ1) is 9.52. The van der Waals surface area contributed by atoms with Gasteiger partial charge in [-0.15, -0.1) is 0 Å². The molecule has 2 heterocycles. The standard InChI is InChI=1S/C13H11ClN2O2S2/c1-3-16-11(17)10(18-13(16)19)12-15(2)8-6-7(14)4-5-9(8)20-12/h4-6H,3H2,1-2H3/b12-10-. The summed E-state index contributed by atoms with van der Waals surface area (Å²) in [6.45, 7) is 2.36. The van der Waals surface area contributed by atoms with E-state index in [2.05, 4.69) is 0 Å². The van der Waals surface area contributed by atoms with Crippen LogP contribution in [0.1, 0.15) is 6.92 Å². The number of likely N-dealkylation sites (N-methyl/N-ethyl adjacent to an activating group) is 1. The van der Waals surface area contributed by atoms with Crippen molar-refractivity contribution in [1.82, 2.24) is 4.90 Å². The zero-order valence-electron chi connectivity index (χ0n) is 10.8. The Bertz CT molecular complexity index is 660. The molecule has 20 heavy (non-hydrogen) atoms. The van der Waals surface area contributed by atoms with Crippen LogP contribution in [0.25, 0.3) is 0 Å². The first-order valence-electron chi connectivity index (χ1n) is 6.02. The Morgan fingerprint density at radius 1 is 1.45 bits per heavy atom. The summed E-state index contributed by atoms with van der Waals surface area (Å²) in [4.78, 5) is 16.7. The average molecular weight is 327 g/mol. The molecule has 1 saturated heterocycles. The minimum atomic E-state index is -0.189. The third kappa shape index (κ3) is 1.99. The molecule has 0 saturated carbocycles. The van der Waals surface area contributed by atoms with Gasteiger partial charge in [0.2, 0.25) is 5.76 Å². The van der Waals surface area contributed by atoms with E-state index in [4.69, 9.17) is 28.6 Å². The fourth-order valence-electron chi connectivity index (χ4n) is 2.12. The molecule has 2 aliphatic rings. The van der Waals surface area contributed by atoms with Crippen LogP contribution in [0, 0.1) is 0 Å². The molecule has 0 N–H and O–H groups in total. The molecule has 0 aliphatic carbocycles. The number of benzene rings is 1. The van der Waals surface area contributed by atoms with E-state index in [1.807, 2.05) is 37.1 Å². The molecular formula is C13H11ClN2O2S2. The van der Waals surface area contributed by atoms with Crippen LogP contribution in [0.5, 0.6) is 0 Å². The van der Waals surface area contributed by atoms with Crippen LogP contribution in [-0.2, 0) is 9.53 Å². The van der Waals surface area contributed by atoms with Gasteiger partial charge in [0.1, 0.15) is 5.03 Å². The lowest BCUT2D eigenvalue weighted by Crippen LogP contribution is -2.28. The number of rotatable bonds is 1. The lowest BCUT2D eigenvalue weighted by Gasteiger charge is -2.14. The number of thiocarbonyl (C=S) groups is 1. The van der Waals surface area contributed by atoms with Crippen molar-refractivity contribution < 1.29 is 9.53 Å². The van der Waals surface area contributed by atoms with Gasteiger partial charge in [0.15, 0.2) is 0 Å². The van der Waals surface area contributed by atoms with Crippen LogP contribution in [-0.4, -0.2) is 29.6 Å². The van der Waals surface area contributed by atoms with Gasteiger partial charge in [-0.2, -0.15) is 0 Å². The summed E-state index contributed by atoms with van der Waals surface area (Å²) < 4.78 is 5.48. The molecule has 7 heteroatoms. The van der Waals surface area contributed by atoms with E-state index in [9.17, 15) is 4.79 Å². The van der Waals surface area contributed by atoms with Gasteiger partial charge in [-0.05, 0) is 37.3 Å². The zero-order valence-corrected chi connectivity index (χ0v) is 13.2. The Balaban J connectivity index is 2.04. The molecular weight excluding hydrogens is 316 g/mol. The second-order valence-electron chi connectivity index (χ2n) is 4.32. The second kappa shape index (κ2) is 4.95. The molecule has 0 unspecified atom stereocenters. The fourth-order valence-corrected chi connectivity index (χ4v) is 3.68. The maximum Gasteiger partial charge on any atom is 0.299 e. The summed E-state index contributed by atoms with van der Waals surface area (Å²) in [6.07, 6.45) is 0. The number of fused-ring (bicyclic) bond motifs is 1. The number of nitrogens with zero attached hydrogens (tertiary/aromatic N) is 2. The van der Waals surface area contributed by atoms with Crippen molar-refractivity contribution in [2.45, 2.75) is 11.8 Å². The zero-order chi connectivity index (χ0) is 14.4. The number of hydrogen-bond acceptors (Lipinski definition) is 5. The highest BCUT2D eigenvalue weighted by Gasteiger charge is 2.38. The number of halogens is 1. The van der Waals surface area contributed by atoms with Gasteiger partial charge in [-0.25, -0.2) is 0 Å². The Morgan fingerprint density at radius 3 is 2.85 bits per heavy atom. The van der Waals surface area contributed by atoms with E-state index < -0.39 is 0 Å². The monoisotopic (exact) mass is 326 g/mol. The second-order valence-corrected chi connectivity index (χ2v) is 6.14. The number of ether oxygens (including phenoxy) is 1. The third-order valence-corrected chi connectivity index (χ3v) is 4.91. The molecule has 1 aromatic carbocycles.